The highest BCUT2D eigenvalue weighted by Gasteiger charge is 2.61. The molecule has 16 unspecified atom stereocenters. The van der Waals surface area contributed by atoms with E-state index in [-0.39, 0.29) is 12.3 Å². The van der Waals surface area contributed by atoms with E-state index in [1.807, 2.05) is 6.08 Å². The van der Waals surface area contributed by atoms with Crippen molar-refractivity contribution in [3.05, 3.63) is 12.2 Å². The lowest BCUT2D eigenvalue weighted by atomic mass is 9.93. The van der Waals surface area contributed by atoms with Crippen LogP contribution < -0.4 is 16.0 Å². The molecule has 0 saturated carbocycles. The van der Waals surface area contributed by atoms with Gasteiger partial charge in [0.05, 0.1) is 70.6 Å². The minimum Gasteiger partial charge on any atom is -0.394 e. The van der Waals surface area contributed by atoms with Crippen LogP contribution in [-0.4, -0.2) is 434 Å². The second kappa shape index (κ2) is 62.7. The number of hydrogen-bond acceptors (Lipinski definition) is 41. The Kier molecular flexibility index (Phi) is 54.5. The molecule has 0 aromatic rings. The Balaban J connectivity index is 0.950. The molecular weight excluding hydrogens is 1830 g/mol. The van der Waals surface area contributed by atoms with Crippen LogP contribution in [0.4, 0.5) is 0 Å². The molecular formula is C94H169N3O41. The number of carbonyl (C=O) groups is 3. The zero-order valence-electron chi connectivity index (χ0n) is 81.0. The standard InChI is InChI=1S/C94H169N3O41/c1-7-9-11-13-15-17-19-21-22-23-24-25-26-27-28-30-32-34-36-38-40-42-62(107)97-54(55(106)41-39-37-35-33-31-29-20-18-16-14-12-10-8-2)49-123-89-78(121)75(118)81(61(48-103)131-89)132-92-79(122)83(69(112)58(45-100)127-92)135-87-63(95-52(5)104)71(114)80(60(47-102)130-87)133-94-86(138-91-77(120)73(116)66(109)51(4)125-91)84(70(113)59(46-101)129-94)136-88-64(96-53(6)105)82(68(111)57(44-99)126-88)134-93-85(74(117)67(110)56(43-98)128-93)137-90-76(119)72(115)65(108)50(3)124-90/h39,41,50-51,54-61,63-94,98-103,106,108-122H,7-38,40,42-49H2,1-6H3,(H,95,104)(H,96,105)(H,97,107)/b41-39+/t50?,51?,54-,55+,56?,57?,58?,59?,60?,61?,63?,64?,65+,66+,67-,68-,69-,70-,71+,72?,73?,74-,75+,76-,77-,78?,79?,80+,81+,82+,83-,84-,85?,86?,87-,88+,89+,90+,91+,92-,93-,94-/m0/s1. The molecule has 0 bridgehead atoms. The quantitative estimate of drug-likeness (QED) is 0.0223. The monoisotopic (exact) mass is 2000 g/mol. The summed E-state index contributed by atoms with van der Waals surface area (Å²) in [6.07, 6.45) is -35.2. The van der Waals surface area contributed by atoms with Gasteiger partial charge in [-0.1, -0.05) is 219 Å². The zero-order valence-corrected chi connectivity index (χ0v) is 81.0. The largest absolute Gasteiger partial charge is 0.394 e. The van der Waals surface area contributed by atoms with Gasteiger partial charge >= 0.3 is 0 Å². The molecule has 8 aliphatic rings. The smallest absolute Gasteiger partial charge is 0.220 e. The van der Waals surface area contributed by atoms with Gasteiger partial charge in [-0.3, -0.25) is 14.4 Å². The summed E-state index contributed by atoms with van der Waals surface area (Å²) in [5.74, 6) is -2.27. The molecule has 8 aliphatic heterocycles. The lowest BCUT2D eigenvalue weighted by molar-refractivity contribution is -0.406. The van der Waals surface area contributed by atoms with Crippen LogP contribution in [0.1, 0.15) is 260 Å². The van der Waals surface area contributed by atoms with Crippen molar-refractivity contribution in [3.8, 4) is 0 Å². The Hall–Kier alpha value is -3.37. The van der Waals surface area contributed by atoms with Crippen LogP contribution in [0.25, 0.3) is 0 Å². The number of aliphatic hydroxyl groups excluding tert-OH is 22. The number of rotatable bonds is 62. The Labute approximate surface area is 808 Å². The average molecular weight is 2000 g/mol. The minimum absolute atomic E-state index is 0.149. The van der Waals surface area contributed by atoms with E-state index < -0.39 is 316 Å². The summed E-state index contributed by atoms with van der Waals surface area (Å²) in [7, 11) is 0. The van der Waals surface area contributed by atoms with E-state index in [2.05, 4.69) is 29.8 Å². The van der Waals surface area contributed by atoms with Gasteiger partial charge in [-0.05, 0) is 33.1 Å². The summed E-state index contributed by atoms with van der Waals surface area (Å²) < 4.78 is 97.3. The van der Waals surface area contributed by atoms with E-state index in [0.29, 0.717) is 12.8 Å². The highest BCUT2D eigenvalue weighted by atomic mass is 16.8. The molecule has 25 N–H and O–H groups in total. The van der Waals surface area contributed by atoms with Gasteiger partial charge < -0.3 is 204 Å². The van der Waals surface area contributed by atoms with Crippen molar-refractivity contribution < 1.29 is 203 Å². The SMILES string of the molecule is CCCCCCCCCCCCC/C=C/[C@@H](O)[C@H](CO[C@@H]1OC(CO)[C@@H](O[C@@H]2OC(CO)[C@H](O)[C@H](O[C@@H]3OC(CO)[C@@H](O[C@@H]4OC(CO)[C@H](O)[C@H](O[C@H]5OC(CO)[C@H](O)[C@H](O[C@@H]6OC(CO)[C@H](O)[C@H](O)C6O[C@H]6OC(C)[C@@H](O)C(O)[C@@H]6O)C5NC(C)=O)C4O[C@H]4OC(C)[C@@H](O)C(O)[C@@H]4O)[C@H](O)C3NC(C)=O)C2O)[C@H](O)C1O)NC(=O)CCCCCCCCCCCCCCCCCCCCCCC. The summed E-state index contributed by atoms with van der Waals surface area (Å²) in [6.45, 7) is 1.84. The maximum absolute atomic E-state index is 13.7. The fourth-order valence-electron chi connectivity index (χ4n) is 19.0. The molecule has 806 valence electrons. The van der Waals surface area contributed by atoms with Crippen molar-refractivity contribution in [2.45, 2.75) is 518 Å². The highest BCUT2D eigenvalue weighted by Crippen LogP contribution is 2.41. The van der Waals surface area contributed by atoms with Crippen LogP contribution in [0.3, 0.4) is 0 Å². The molecule has 8 saturated heterocycles. The maximum atomic E-state index is 13.7. The first-order valence-electron chi connectivity index (χ1n) is 50.7. The minimum atomic E-state index is -2.31. The maximum Gasteiger partial charge on any atom is 0.220 e. The zero-order chi connectivity index (χ0) is 101. The summed E-state index contributed by atoms with van der Waals surface area (Å²) in [4.78, 5) is 40.5. The lowest BCUT2D eigenvalue weighted by Gasteiger charge is -2.52. The third-order valence-electron chi connectivity index (χ3n) is 27.4. The van der Waals surface area contributed by atoms with Gasteiger partial charge in [0.25, 0.3) is 0 Å². The normalized spacial score (nSPS) is 39.2. The average Bonchev–Trinajstić information content (AvgIpc) is 0.349. The van der Waals surface area contributed by atoms with Crippen molar-refractivity contribution in [3.63, 3.8) is 0 Å². The summed E-state index contributed by atoms with van der Waals surface area (Å²) in [6, 6.07) is -5.07. The molecule has 0 radical (unpaired) electrons. The van der Waals surface area contributed by atoms with Crippen LogP contribution in [0.15, 0.2) is 12.2 Å². The van der Waals surface area contributed by atoms with Gasteiger partial charge in [0, 0.05) is 20.3 Å². The van der Waals surface area contributed by atoms with E-state index in [4.69, 9.17) is 75.8 Å². The Morgan fingerprint density at radius 3 is 1.08 bits per heavy atom. The molecule has 0 aromatic carbocycles. The fourth-order valence-corrected chi connectivity index (χ4v) is 19.0. The van der Waals surface area contributed by atoms with E-state index in [1.165, 1.54) is 162 Å². The second-order valence-corrected chi connectivity index (χ2v) is 38.4. The fraction of sp³-hybridized carbons (Fsp3) is 0.947. The van der Waals surface area contributed by atoms with Crippen LogP contribution in [-0.2, 0) is 90.2 Å². The number of unbranched alkanes of at least 4 members (excludes halogenated alkanes) is 31. The molecule has 0 spiro atoms. The molecule has 42 atom stereocenters. The number of allylic oxidation sites excluding steroid dienone is 1. The summed E-state index contributed by atoms with van der Waals surface area (Å²) >= 11 is 0. The molecule has 8 fully saturated rings. The van der Waals surface area contributed by atoms with Crippen LogP contribution in [0.5, 0.6) is 0 Å². The van der Waals surface area contributed by atoms with Gasteiger partial charge in [-0.25, -0.2) is 0 Å². The van der Waals surface area contributed by atoms with Gasteiger partial charge in [0.2, 0.25) is 17.7 Å². The van der Waals surface area contributed by atoms with Crippen molar-refractivity contribution >= 4 is 17.7 Å². The Morgan fingerprint density at radius 2 is 0.616 bits per heavy atom. The molecule has 0 aromatic heterocycles. The van der Waals surface area contributed by atoms with Gasteiger partial charge in [-0.2, -0.15) is 0 Å². The number of ether oxygens (including phenoxy) is 16. The Morgan fingerprint density at radius 1 is 0.297 bits per heavy atom. The molecule has 138 heavy (non-hydrogen) atoms. The van der Waals surface area contributed by atoms with Crippen LogP contribution >= 0.6 is 0 Å². The molecule has 8 heterocycles. The van der Waals surface area contributed by atoms with E-state index >= 15 is 0 Å². The van der Waals surface area contributed by atoms with Gasteiger partial charge in [0.1, 0.15) is 183 Å². The predicted molar refractivity (Wildman–Crippen MR) is 484 cm³/mol. The number of nitrogens with one attached hydrogen (secondary N) is 3. The molecule has 3 amide bonds. The first-order chi connectivity index (χ1) is 66.2. The topological polar surface area (TPSA) is 680 Å². The Bertz CT molecular complexity index is 3340. The van der Waals surface area contributed by atoms with Crippen LogP contribution in [0, 0.1) is 0 Å². The van der Waals surface area contributed by atoms with Crippen molar-refractivity contribution in [1.82, 2.24) is 16.0 Å². The molecule has 8 rings (SSSR count). The third-order valence-corrected chi connectivity index (χ3v) is 27.4. The van der Waals surface area contributed by atoms with Gasteiger partial charge in [-0.15, -0.1) is 0 Å². The lowest BCUT2D eigenvalue weighted by Crippen LogP contribution is -2.71. The summed E-state index contributed by atoms with van der Waals surface area (Å²) in [5, 5.41) is 258. The predicted octanol–water partition coefficient (Wildman–Crippen LogP) is -2.38. The number of hydrogen-bond donors (Lipinski definition) is 25. The molecule has 44 nitrogen and oxygen atoms in total. The van der Waals surface area contributed by atoms with E-state index in [0.717, 1.165) is 65.2 Å². The molecule has 44 heteroatoms. The number of aliphatic hydroxyl groups is 22. The van der Waals surface area contributed by atoms with Crippen molar-refractivity contribution in [1.29, 1.82) is 0 Å². The number of amides is 3. The van der Waals surface area contributed by atoms with Gasteiger partial charge in [0.15, 0.2) is 50.3 Å². The van der Waals surface area contributed by atoms with E-state index in [1.54, 1.807) is 6.08 Å². The highest BCUT2D eigenvalue weighted by molar-refractivity contribution is 5.76. The molecule has 0 aliphatic carbocycles. The van der Waals surface area contributed by atoms with E-state index in [9.17, 15) is 127 Å². The number of carbonyl (C=O) groups excluding carboxylic acids is 3. The third kappa shape index (κ3) is 35.2. The van der Waals surface area contributed by atoms with Crippen LogP contribution in [0.2, 0.25) is 0 Å². The first-order valence-corrected chi connectivity index (χ1v) is 50.7. The van der Waals surface area contributed by atoms with Crippen molar-refractivity contribution in [2.24, 2.45) is 0 Å². The summed E-state index contributed by atoms with van der Waals surface area (Å²) in [5.41, 5.74) is 0. The first kappa shape index (κ1) is 120. The second-order valence-electron chi connectivity index (χ2n) is 38.4. The van der Waals surface area contributed by atoms with Crippen molar-refractivity contribution in [2.75, 3.05) is 46.2 Å².